The summed E-state index contributed by atoms with van der Waals surface area (Å²) in [4.78, 5) is 7.22. The van der Waals surface area contributed by atoms with Gasteiger partial charge in [0, 0.05) is 18.6 Å². The van der Waals surface area contributed by atoms with Crippen molar-refractivity contribution in [2.24, 2.45) is 0 Å². The van der Waals surface area contributed by atoms with Crippen molar-refractivity contribution in [3.05, 3.63) is 41.4 Å². The average Bonchev–Trinajstić information content (AvgIpc) is 2.79. The number of imidazole rings is 1. The van der Waals surface area contributed by atoms with Crippen molar-refractivity contribution in [3.63, 3.8) is 0 Å². The van der Waals surface area contributed by atoms with Crippen LogP contribution in [-0.4, -0.2) is 24.6 Å². The summed E-state index contributed by atoms with van der Waals surface area (Å²) >= 11 is 6.00. The van der Waals surface area contributed by atoms with Crippen molar-refractivity contribution in [2.75, 3.05) is 11.6 Å². The van der Waals surface area contributed by atoms with Crippen LogP contribution >= 0.6 is 11.6 Å². The number of halogens is 1. The summed E-state index contributed by atoms with van der Waals surface area (Å²) in [5.74, 6) is 0.746. The van der Waals surface area contributed by atoms with Crippen LogP contribution < -0.4 is 5.32 Å². The Bertz CT molecular complexity index is 638. The van der Waals surface area contributed by atoms with Crippen LogP contribution in [0.3, 0.4) is 0 Å². The van der Waals surface area contributed by atoms with Crippen LogP contribution in [0.15, 0.2) is 35.5 Å². The van der Waals surface area contributed by atoms with Crippen LogP contribution in [-0.2, 0) is 16.4 Å². The second kappa shape index (κ2) is 4.99. The predicted octanol–water partition coefficient (Wildman–Crippen LogP) is 2.08. The van der Waals surface area contributed by atoms with E-state index in [1.807, 2.05) is 0 Å². The fraction of sp³-hybridized carbons (Fsp3) is 0.182. The van der Waals surface area contributed by atoms with E-state index in [1.54, 1.807) is 18.5 Å². The summed E-state index contributed by atoms with van der Waals surface area (Å²) in [6.07, 6.45) is 4.52. The number of anilines is 1. The molecule has 18 heavy (non-hydrogen) atoms. The van der Waals surface area contributed by atoms with E-state index in [0.717, 1.165) is 12.1 Å². The maximum Gasteiger partial charge on any atom is 0.175 e. The Morgan fingerprint density at radius 1 is 1.44 bits per heavy atom. The van der Waals surface area contributed by atoms with Crippen LogP contribution in [0.4, 0.5) is 5.69 Å². The Labute approximate surface area is 110 Å². The molecule has 2 rings (SSSR count). The molecule has 0 aliphatic rings. The van der Waals surface area contributed by atoms with Crippen LogP contribution in [0.1, 0.15) is 5.82 Å². The summed E-state index contributed by atoms with van der Waals surface area (Å²) < 4.78 is 22.9. The second-order valence-electron chi connectivity index (χ2n) is 3.80. The number of hydrogen-bond acceptors (Lipinski definition) is 4. The van der Waals surface area contributed by atoms with E-state index in [1.165, 1.54) is 12.1 Å². The van der Waals surface area contributed by atoms with E-state index in [-0.39, 0.29) is 4.90 Å². The lowest BCUT2D eigenvalue weighted by atomic mass is 10.3. The third kappa shape index (κ3) is 3.02. The molecule has 5 nitrogen and oxygen atoms in total. The van der Waals surface area contributed by atoms with Gasteiger partial charge in [0.1, 0.15) is 5.82 Å². The second-order valence-corrected chi connectivity index (χ2v) is 6.23. The maximum absolute atomic E-state index is 11.4. The molecule has 0 bridgehead atoms. The summed E-state index contributed by atoms with van der Waals surface area (Å²) in [6.45, 7) is 0.444. The Kier molecular flexibility index (Phi) is 3.58. The van der Waals surface area contributed by atoms with Gasteiger partial charge in [-0.25, -0.2) is 13.4 Å². The summed E-state index contributed by atoms with van der Waals surface area (Å²) in [5.41, 5.74) is 0.566. The molecule has 1 heterocycles. The molecule has 2 aromatic rings. The number of benzene rings is 1. The van der Waals surface area contributed by atoms with E-state index in [2.05, 4.69) is 15.3 Å². The van der Waals surface area contributed by atoms with Crippen molar-refractivity contribution in [3.8, 4) is 0 Å². The quantitative estimate of drug-likeness (QED) is 0.902. The number of aromatic amines is 1. The predicted molar refractivity (Wildman–Crippen MR) is 70.5 cm³/mol. The fourth-order valence-corrected chi connectivity index (χ4v) is 2.28. The minimum Gasteiger partial charge on any atom is -0.377 e. The highest BCUT2D eigenvalue weighted by molar-refractivity contribution is 7.90. The summed E-state index contributed by atoms with van der Waals surface area (Å²) in [7, 11) is -3.24. The van der Waals surface area contributed by atoms with E-state index >= 15 is 0 Å². The first-order valence-corrected chi connectivity index (χ1v) is 7.45. The lowest BCUT2D eigenvalue weighted by Gasteiger charge is -2.08. The Hall–Kier alpha value is -1.53. The molecule has 0 unspecified atom stereocenters. The Balaban J connectivity index is 2.22. The number of rotatable bonds is 4. The molecule has 0 radical (unpaired) electrons. The van der Waals surface area contributed by atoms with Gasteiger partial charge in [-0.2, -0.15) is 0 Å². The van der Waals surface area contributed by atoms with Gasteiger partial charge < -0.3 is 10.3 Å². The number of nitrogens with zero attached hydrogens (tertiary/aromatic N) is 1. The molecule has 0 aliphatic heterocycles. The molecule has 96 valence electrons. The van der Waals surface area contributed by atoms with Gasteiger partial charge in [0.25, 0.3) is 0 Å². The zero-order valence-corrected chi connectivity index (χ0v) is 11.2. The molecule has 0 atom stereocenters. The highest BCUT2D eigenvalue weighted by Crippen LogP contribution is 2.25. The van der Waals surface area contributed by atoms with Gasteiger partial charge in [0.05, 0.1) is 22.2 Å². The minimum atomic E-state index is -3.24. The van der Waals surface area contributed by atoms with Gasteiger partial charge in [-0.05, 0) is 18.2 Å². The van der Waals surface area contributed by atoms with Crippen LogP contribution in [0.2, 0.25) is 5.02 Å². The molecule has 0 saturated heterocycles. The van der Waals surface area contributed by atoms with Crippen LogP contribution in [0, 0.1) is 0 Å². The summed E-state index contributed by atoms with van der Waals surface area (Å²) in [5, 5.41) is 3.50. The lowest BCUT2D eigenvalue weighted by Crippen LogP contribution is -2.04. The topological polar surface area (TPSA) is 74.8 Å². The van der Waals surface area contributed by atoms with Crippen molar-refractivity contribution >= 4 is 27.1 Å². The van der Waals surface area contributed by atoms with E-state index in [9.17, 15) is 8.42 Å². The number of sulfone groups is 1. The highest BCUT2D eigenvalue weighted by Gasteiger charge is 2.10. The molecular weight excluding hydrogens is 274 g/mol. The molecule has 7 heteroatoms. The van der Waals surface area contributed by atoms with Gasteiger partial charge in [-0.15, -0.1) is 0 Å². The van der Waals surface area contributed by atoms with Crippen molar-refractivity contribution in [1.82, 2.24) is 9.97 Å². The first-order valence-electron chi connectivity index (χ1n) is 5.18. The fourth-order valence-electron chi connectivity index (χ4n) is 1.44. The Morgan fingerprint density at radius 2 is 2.22 bits per heavy atom. The van der Waals surface area contributed by atoms with Gasteiger partial charge in [-0.3, -0.25) is 0 Å². The SMILES string of the molecule is CS(=O)(=O)c1ccc(Cl)c(NCc2ncc[nH]2)c1. The molecule has 0 aliphatic carbocycles. The molecule has 1 aromatic heterocycles. The lowest BCUT2D eigenvalue weighted by molar-refractivity contribution is 0.602. The highest BCUT2D eigenvalue weighted by atomic mass is 35.5. The van der Waals surface area contributed by atoms with E-state index < -0.39 is 9.84 Å². The zero-order chi connectivity index (χ0) is 13.2. The number of H-pyrrole nitrogens is 1. The first-order chi connectivity index (χ1) is 8.47. The molecule has 0 spiro atoms. The number of hydrogen-bond donors (Lipinski definition) is 2. The van der Waals surface area contributed by atoms with Gasteiger partial charge >= 0.3 is 0 Å². The molecule has 0 saturated carbocycles. The zero-order valence-electron chi connectivity index (χ0n) is 9.64. The first kappa shape index (κ1) is 12.9. The molecule has 2 N–H and O–H groups in total. The van der Waals surface area contributed by atoms with Gasteiger partial charge in [-0.1, -0.05) is 11.6 Å². The number of aromatic nitrogens is 2. The van der Waals surface area contributed by atoms with Crippen molar-refractivity contribution in [1.29, 1.82) is 0 Å². The van der Waals surface area contributed by atoms with E-state index in [4.69, 9.17) is 11.6 Å². The normalized spacial score (nSPS) is 11.4. The van der Waals surface area contributed by atoms with Crippen molar-refractivity contribution in [2.45, 2.75) is 11.4 Å². The Morgan fingerprint density at radius 3 is 2.83 bits per heavy atom. The van der Waals surface area contributed by atoms with Crippen LogP contribution in [0.25, 0.3) is 0 Å². The molecular formula is C11H12ClN3O2S. The van der Waals surface area contributed by atoms with Crippen LogP contribution in [0.5, 0.6) is 0 Å². The third-order valence-electron chi connectivity index (χ3n) is 2.37. The largest absolute Gasteiger partial charge is 0.377 e. The third-order valence-corrected chi connectivity index (χ3v) is 3.81. The van der Waals surface area contributed by atoms with Crippen molar-refractivity contribution < 1.29 is 8.42 Å². The van der Waals surface area contributed by atoms with Gasteiger partial charge in [0.2, 0.25) is 0 Å². The minimum absolute atomic E-state index is 0.230. The number of nitrogens with one attached hydrogen (secondary N) is 2. The smallest absolute Gasteiger partial charge is 0.175 e. The molecule has 1 aromatic carbocycles. The standard InChI is InChI=1S/C11H12ClN3O2S/c1-18(16,17)8-2-3-9(12)10(6-8)15-7-11-13-4-5-14-11/h2-6,15H,7H2,1H3,(H,13,14). The summed E-state index contributed by atoms with van der Waals surface area (Å²) in [6, 6.07) is 4.55. The van der Waals surface area contributed by atoms with Gasteiger partial charge in [0.15, 0.2) is 9.84 Å². The average molecular weight is 286 g/mol. The maximum atomic E-state index is 11.4. The van der Waals surface area contributed by atoms with E-state index in [0.29, 0.717) is 17.3 Å². The monoisotopic (exact) mass is 285 g/mol. The molecule has 0 fully saturated rings. The molecule has 0 amide bonds.